The van der Waals surface area contributed by atoms with Crippen molar-refractivity contribution < 1.29 is 0 Å². The van der Waals surface area contributed by atoms with Crippen molar-refractivity contribution in [2.24, 2.45) is 23.7 Å². The molecule has 70 valence electrons. The molecule has 2 rings (SSSR count). The van der Waals surface area contributed by atoms with E-state index in [1.807, 2.05) is 0 Å². The van der Waals surface area contributed by atoms with Crippen LogP contribution >= 0.6 is 0 Å². The molecule has 0 aliphatic heterocycles. The Hall–Kier alpha value is 0. The van der Waals surface area contributed by atoms with E-state index in [1.54, 1.807) is 6.42 Å². The van der Waals surface area contributed by atoms with Gasteiger partial charge in [-0.3, -0.25) is 0 Å². The van der Waals surface area contributed by atoms with Crippen LogP contribution in [-0.2, 0) is 0 Å². The minimum atomic E-state index is 1.02. The predicted octanol–water partition coefficient (Wildman–Crippen LogP) is 3.86. The highest BCUT2D eigenvalue weighted by Crippen LogP contribution is 2.45. The second-order valence-corrected chi connectivity index (χ2v) is 5.25. The average Bonchev–Trinajstić information content (AvgIpc) is 2.04. The molecular formula is C12H22. The summed E-state index contributed by atoms with van der Waals surface area (Å²) in [5.41, 5.74) is 0. The molecule has 0 heteroatoms. The minimum absolute atomic E-state index is 1.02. The van der Waals surface area contributed by atoms with E-state index in [0.717, 1.165) is 23.7 Å². The Morgan fingerprint density at radius 1 is 0.917 bits per heavy atom. The van der Waals surface area contributed by atoms with Gasteiger partial charge in [0.1, 0.15) is 0 Å². The van der Waals surface area contributed by atoms with Crippen LogP contribution in [0.1, 0.15) is 52.4 Å². The van der Waals surface area contributed by atoms with Crippen molar-refractivity contribution in [1.29, 1.82) is 0 Å². The Morgan fingerprint density at radius 2 is 1.75 bits per heavy atom. The SMILES string of the molecule is C[C@@H]1CC[C@@H]2[C@@H](CCC[C@@H]2C)C1. The zero-order valence-corrected chi connectivity index (χ0v) is 8.55. The molecule has 0 aromatic heterocycles. The van der Waals surface area contributed by atoms with E-state index >= 15 is 0 Å². The molecule has 12 heavy (non-hydrogen) atoms. The van der Waals surface area contributed by atoms with Gasteiger partial charge in [-0.25, -0.2) is 0 Å². The molecule has 0 bridgehead atoms. The van der Waals surface area contributed by atoms with Crippen molar-refractivity contribution in [3.05, 3.63) is 0 Å². The van der Waals surface area contributed by atoms with Crippen LogP contribution in [-0.4, -0.2) is 0 Å². The molecule has 0 aromatic carbocycles. The van der Waals surface area contributed by atoms with E-state index in [1.165, 1.54) is 32.1 Å². The van der Waals surface area contributed by atoms with E-state index < -0.39 is 0 Å². The summed E-state index contributed by atoms with van der Waals surface area (Å²) in [5.74, 6) is 4.28. The molecule has 0 heterocycles. The number of rotatable bonds is 0. The summed E-state index contributed by atoms with van der Waals surface area (Å²) >= 11 is 0. The van der Waals surface area contributed by atoms with Gasteiger partial charge in [0.15, 0.2) is 0 Å². The first-order valence-electron chi connectivity index (χ1n) is 5.77. The molecule has 0 nitrogen and oxygen atoms in total. The first-order chi connectivity index (χ1) is 5.77. The fourth-order valence-corrected chi connectivity index (χ4v) is 3.52. The van der Waals surface area contributed by atoms with Crippen molar-refractivity contribution in [3.63, 3.8) is 0 Å². The van der Waals surface area contributed by atoms with Gasteiger partial charge in [0.25, 0.3) is 0 Å². The van der Waals surface area contributed by atoms with E-state index in [2.05, 4.69) is 13.8 Å². The Balaban J connectivity index is 1.99. The van der Waals surface area contributed by atoms with Crippen LogP contribution in [0.4, 0.5) is 0 Å². The summed E-state index contributed by atoms with van der Waals surface area (Å²) in [6, 6.07) is 0. The molecule has 2 aliphatic carbocycles. The molecule has 2 fully saturated rings. The van der Waals surface area contributed by atoms with Gasteiger partial charge in [0.05, 0.1) is 0 Å². The largest absolute Gasteiger partial charge is 0.0625 e. The van der Waals surface area contributed by atoms with E-state index in [9.17, 15) is 0 Å². The Labute approximate surface area is 76.7 Å². The van der Waals surface area contributed by atoms with Crippen molar-refractivity contribution in [2.45, 2.75) is 52.4 Å². The maximum Gasteiger partial charge on any atom is -0.0360 e. The van der Waals surface area contributed by atoms with Crippen LogP contribution in [0.15, 0.2) is 0 Å². The lowest BCUT2D eigenvalue weighted by atomic mass is 9.64. The first-order valence-corrected chi connectivity index (χ1v) is 5.77. The zero-order valence-electron chi connectivity index (χ0n) is 8.55. The highest BCUT2D eigenvalue weighted by Gasteiger charge is 2.34. The third kappa shape index (κ3) is 1.53. The van der Waals surface area contributed by atoms with Crippen LogP contribution in [0.5, 0.6) is 0 Å². The van der Waals surface area contributed by atoms with Crippen molar-refractivity contribution in [1.82, 2.24) is 0 Å². The van der Waals surface area contributed by atoms with Gasteiger partial charge in [-0.1, -0.05) is 39.5 Å². The summed E-state index contributed by atoms with van der Waals surface area (Å²) in [4.78, 5) is 0. The fourth-order valence-electron chi connectivity index (χ4n) is 3.52. The molecule has 2 saturated carbocycles. The summed E-state index contributed by atoms with van der Waals surface area (Å²) in [5, 5.41) is 0. The summed E-state index contributed by atoms with van der Waals surface area (Å²) in [7, 11) is 0. The monoisotopic (exact) mass is 166 g/mol. The summed E-state index contributed by atoms with van der Waals surface area (Å²) < 4.78 is 0. The predicted molar refractivity (Wildman–Crippen MR) is 53.0 cm³/mol. The standard InChI is InChI=1S/C12H22/c1-9-6-7-12-10(2)4-3-5-11(12)8-9/h9-12H,3-8H2,1-2H3/t9-,10+,11+,12+/m1/s1. The molecule has 0 saturated heterocycles. The lowest BCUT2D eigenvalue weighted by Gasteiger charge is -2.42. The van der Waals surface area contributed by atoms with Crippen molar-refractivity contribution >= 4 is 0 Å². The molecule has 0 amide bonds. The molecule has 0 unspecified atom stereocenters. The first kappa shape index (κ1) is 8.59. The Kier molecular flexibility index (Phi) is 2.43. The Morgan fingerprint density at radius 3 is 2.58 bits per heavy atom. The average molecular weight is 166 g/mol. The van der Waals surface area contributed by atoms with E-state index in [0.29, 0.717) is 0 Å². The van der Waals surface area contributed by atoms with Crippen LogP contribution in [0.25, 0.3) is 0 Å². The van der Waals surface area contributed by atoms with Gasteiger partial charge in [0.2, 0.25) is 0 Å². The Bertz CT molecular complexity index is 150. The molecule has 0 aromatic rings. The van der Waals surface area contributed by atoms with Crippen LogP contribution in [0, 0.1) is 23.7 Å². The highest BCUT2D eigenvalue weighted by molar-refractivity contribution is 4.85. The molecule has 0 spiro atoms. The topological polar surface area (TPSA) is 0 Å². The van der Waals surface area contributed by atoms with E-state index in [-0.39, 0.29) is 0 Å². The third-order valence-electron chi connectivity index (χ3n) is 4.27. The number of hydrogen-bond acceptors (Lipinski definition) is 0. The van der Waals surface area contributed by atoms with Gasteiger partial charge in [0, 0.05) is 0 Å². The van der Waals surface area contributed by atoms with Gasteiger partial charge in [-0.05, 0) is 36.5 Å². The lowest BCUT2D eigenvalue weighted by molar-refractivity contribution is 0.0892. The molecular weight excluding hydrogens is 144 g/mol. The highest BCUT2D eigenvalue weighted by atomic mass is 14.4. The third-order valence-corrected chi connectivity index (χ3v) is 4.27. The van der Waals surface area contributed by atoms with Gasteiger partial charge >= 0.3 is 0 Å². The van der Waals surface area contributed by atoms with Gasteiger partial charge < -0.3 is 0 Å². The number of fused-ring (bicyclic) bond motifs is 1. The minimum Gasteiger partial charge on any atom is -0.0625 e. The number of hydrogen-bond donors (Lipinski definition) is 0. The second kappa shape index (κ2) is 3.40. The maximum atomic E-state index is 2.48. The van der Waals surface area contributed by atoms with Gasteiger partial charge in [-0.2, -0.15) is 0 Å². The molecule has 0 radical (unpaired) electrons. The zero-order chi connectivity index (χ0) is 8.55. The quantitative estimate of drug-likeness (QED) is 0.512. The van der Waals surface area contributed by atoms with Crippen molar-refractivity contribution in [2.75, 3.05) is 0 Å². The molecule has 0 N–H and O–H groups in total. The smallest absolute Gasteiger partial charge is 0.0360 e. The second-order valence-electron chi connectivity index (χ2n) is 5.25. The summed E-state index contributed by atoms with van der Waals surface area (Å²) in [6.07, 6.45) is 9.14. The molecule has 4 atom stereocenters. The fraction of sp³-hybridized carbons (Fsp3) is 1.00. The summed E-state index contributed by atoms with van der Waals surface area (Å²) in [6.45, 7) is 4.92. The molecule has 2 aliphatic rings. The van der Waals surface area contributed by atoms with Gasteiger partial charge in [-0.15, -0.1) is 0 Å². The van der Waals surface area contributed by atoms with Crippen LogP contribution < -0.4 is 0 Å². The maximum absolute atomic E-state index is 2.48. The van der Waals surface area contributed by atoms with Crippen molar-refractivity contribution in [3.8, 4) is 0 Å². The van der Waals surface area contributed by atoms with E-state index in [4.69, 9.17) is 0 Å². The normalized spacial score (nSPS) is 48.5. The lowest BCUT2D eigenvalue weighted by Crippen LogP contribution is -2.31. The van der Waals surface area contributed by atoms with Crippen LogP contribution in [0.2, 0.25) is 0 Å². The van der Waals surface area contributed by atoms with Crippen LogP contribution in [0.3, 0.4) is 0 Å².